The molecule has 94 valence electrons. The van der Waals surface area contributed by atoms with Crippen LogP contribution in [0, 0.1) is 0 Å². The SMILES string of the molecule is COC(=O)[C@H](Cc1cn(CC(=O)O)cn1)NP. The lowest BCUT2D eigenvalue weighted by molar-refractivity contribution is -0.142. The molecule has 0 spiro atoms. The summed E-state index contributed by atoms with van der Waals surface area (Å²) >= 11 is 0. The van der Waals surface area contributed by atoms with Crippen molar-refractivity contribution in [2.24, 2.45) is 0 Å². The number of hydrogen-bond donors (Lipinski definition) is 2. The number of carbonyl (C=O) groups excluding carboxylic acids is 1. The summed E-state index contributed by atoms with van der Waals surface area (Å²) in [6.07, 6.45) is 3.34. The van der Waals surface area contributed by atoms with Gasteiger partial charge in [-0.25, -0.2) is 4.98 Å². The van der Waals surface area contributed by atoms with Crippen LogP contribution < -0.4 is 5.09 Å². The van der Waals surface area contributed by atoms with Crippen molar-refractivity contribution >= 4 is 21.3 Å². The molecule has 0 amide bonds. The highest BCUT2D eigenvalue weighted by Gasteiger charge is 2.18. The lowest BCUT2D eigenvalue weighted by Gasteiger charge is -2.11. The Morgan fingerprint density at radius 2 is 2.41 bits per heavy atom. The number of carboxylic acid groups (broad SMARTS) is 1. The van der Waals surface area contributed by atoms with Gasteiger partial charge in [-0.3, -0.25) is 14.7 Å². The fourth-order valence-corrected chi connectivity index (χ4v) is 1.57. The van der Waals surface area contributed by atoms with E-state index in [-0.39, 0.29) is 6.54 Å². The summed E-state index contributed by atoms with van der Waals surface area (Å²) in [5.41, 5.74) is 0.622. The summed E-state index contributed by atoms with van der Waals surface area (Å²) in [7, 11) is 3.55. The normalized spacial score (nSPS) is 12.1. The number of nitrogens with one attached hydrogen (secondary N) is 1. The first kappa shape index (κ1) is 13.6. The molecule has 0 fully saturated rings. The molecule has 0 radical (unpaired) electrons. The van der Waals surface area contributed by atoms with E-state index in [0.29, 0.717) is 12.1 Å². The maximum Gasteiger partial charge on any atom is 0.323 e. The lowest BCUT2D eigenvalue weighted by atomic mass is 10.2. The van der Waals surface area contributed by atoms with Crippen LogP contribution in [0.5, 0.6) is 0 Å². The second-order valence-electron chi connectivity index (χ2n) is 3.38. The van der Waals surface area contributed by atoms with Crippen molar-refractivity contribution in [1.82, 2.24) is 14.6 Å². The number of aliphatic carboxylic acids is 1. The van der Waals surface area contributed by atoms with Gasteiger partial charge in [-0.15, -0.1) is 0 Å². The molecule has 17 heavy (non-hydrogen) atoms. The van der Waals surface area contributed by atoms with Crippen LogP contribution in [0.15, 0.2) is 12.5 Å². The van der Waals surface area contributed by atoms with Gasteiger partial charge in [0.1, 0.15) is 12.6 Å². The zero-order valence-corrected chi connectivity index (χ0v) is 10.4. The van der Waals surface area contributed by atoms with Crippen molar-refractivity contribution < 1.29 is 19.4 Å². The average Bonchev–Trinajstić information content (AvgIpc) is 2.71. The van der Waals surface area contributed by atoms with Crippen molar-refractivity contribution in [3.8, 4) is 0 Å². The van der Waals surface area contributed by atoms with Crippen LogP contribution in [0.1, 0.15) is 5.69 Å². The van der Waals surface area contributed by atoms with Crippen molar-refractivity contribution in [1.29, 1.82) is 0 Å². The molecule has 8 heteroatoms. The van der Waals surface area contributed by atoms with E-state index in [4.69, 9.17) is 5.11 Å². The minimum absolute atomic E-state index is 0.149. The first-order chi connectivity index (χ1) is 8.06. The number of carboxylic acids is 1. The number of methoxy groups -OCH3 is 1. The highest BCUT2D eigenvalue weighted by atomic mass is 31.0. The van der Waals surface area contributed by atoms with E-state index in [2.05, 4.69) is 24.2 Å². The number of carbonyl (C=O) groups is 2. The second kappa shape index (κ2) is 6.32. The Kier molecular flexibility index (Phi) is 5.06. The first-order valence-electron chi connectivity index (χ1n) is 4.83. The Morgan fingerprint density at radius 3 is 2.94 bits per heavy atom. The number of nitrogens with zero attached hydrogens (tertiary/aromatic N) is 2. The van der Waals surface area contributed by atoms with E-state index in [0.717, 1.165) is 0 Å². The van der Waals surface area contributed by atoms with Crippen molar-refractivity contribution in [2.45, 2.75) is 19.0 Å². The number of imidazole rings is 1. The van der Waals surface area contributed by atoms with Gasteiger partial charge in [0.15, 0.2) is 0 Å². The number of aromatic nitrogens is 2. The van der Waals surface area contributed by atoms with E-state index in [1.54, 1.807) is 6.20 Å². The molecule has 1 aromatic rings. The molecule has 1 rings (SSSR count). The van der Waals surface area contributed by atoms with Gasteiger partial charge in [-0.2, -0.15) is 0 Å². The summed E-state index contributed by atoms with van der Waals surface area (Å²) < 4.78 is 6.04. The first-order valence-corrected chi connectivity index (χ1v) is 5.41. The van der Waals surface area contributed by atoms with Gasteiger partial charge in [-0.1, -0.05) is 9.39 Å². The molecule has 7 nitrogen and oxygen atoms in total. The van der Waals surface area contributed by atoms with Gasteiger partial charge < -0.3 is 14.4 Å². The largest absolute Gasteiger partial charge is 0.480 e. The van der Waals surface area contributed by atoms with Crippen molar-refractivity contribution in [3.05, 3.63) is 18.2 Å². The van der Waals surface area contributed by atoms with Crippen LogP contribution >= 0.6 is 9.39 Å². The van der Waals surface area contributed by atoms with Crippen LogP contribution in [-0.2, 0) is 27.3 Å². The zero-order chi connectivity index (χ0) is 12.8. The molecule has 1 heterocycles. The smallest absolute Gasteiger partial charge is 0.323 e. The summed E-state index contributed by atoms with van der Waals surface area (Å²) in [5, 5.41) is 11.3. The highest BCUT2D eigenvalue weighted by Crippen LogP contribution is 2.04. The molecule has 0 bridgehead atoms. The summed E-state index contributed by atoms with van der Waals surface area (Å²) in [4.78, 5) is 25.8. The predicted molar refractivity (Wildman–Crippen MR) is 62.2 cm³/mol. The Balaban J connectivity index is 2.64. The predicted octanol–water partition coefficient (Wildman–Crippen LogP) is -0.569. The number of ether oxygens (including phenoxy) is 1. The molecule has 0 saturated carbocycles. The molecule has 0 aromatic carbocycles. The highest BCUT2D eigenvalue weighted by molar-refractivity contribution is 7.13. The number of rotatable bonds is 6. The van der Waals surface area contributed by atoms with Crippen molar-refractivity contribution in [2.75, 3.05) is 7.11 Å². The summed E-state index contributed by atoms with van der Waals surface area (Å²) in [5.74, 6) is -1.34. The van der Waals surface area contributed by atoms with Crippen LogP contribution in [0.3, 0.4) is 0 Å². The molecule has 1 unspecified atom stereocenters. The minimum atomic E-state index is -0.942. The minimum Gasteiger partial charge on any atom is -0.480 e. The monoisotopic (exact) mass is 259 g/mol. The van der Waals surface area contributed by atoms with Gasteiger partial charge >= 0.3 is 11.9 Å². The Bertz CT molecular complexity index is 407. The topological polar surface area (TPSA) is 93.5 Å². The van der Waals surface area contributed by atoms with E-state index >= 15 is 0 Å². The number of esters is 1. The van der Waals surface area contributed by atoms with E-state index < -0.39 is 18.0 Å². The molecule has 0 aliphatic rings. The van der Waals surface area contributed by atoms with Gasteiger partial charge in [-0.05, 0) is 0 Å². The van der Waals surface area contributed by atoms with Crippen LogP contribution in [-0.4, -0.2) is 39.7 Å². The molecular formula is C9H14N3O4P. The van der Waals surface area contributed by atoms with Gasteiger partial charge in [0.05, 0.1) is 19.1 Å². The standard InChI is InChI=1S/C9H14N3O4P/c1-16-9(15)7(11-17)2-6-3-12(5-10-6)4-8(13)14/h3,5,7,11H,2,4,17H2,1H3,(H,13,14)/t7-/m0/s1. The fraction of sp³-hybridized carbons (Fsp3) is 0.444. The van der Waals surface area contributed by atoms with Gasteiger partial charge in [0.2, 0.25) is 0 Å². The maximum atomic E-state index is 11.3. The molecule has 2 atom stereocenters. The van der Waals surface area contributed by atoms with Crippen molar-refractivity contribution in [3.63, 3.8) is 0 Å². The molecular weight excluding hydrogens is 245 g/mol. The zero-order valence-electron chi connectivity index (χ0n) is 9.29. The molecule has 0 aliphatic carbocycles. The van der Waals surface area contributed by atoms with Gasteiger partial charge in [0, 0.05) is 12.6 Å². The van der Waals surface area contributed by atoms with Crippen LogP contribution in [0.2, 0.25) is 0 Å². The Morgan fingerprint density at radius 1 is 1.71 bits per heavy atom. The molecule has 0 saturated heterocycles. The fourth-order valence-electron chi connectivity index (χ4n) is 1.32. The lowest BCUT2D eigenvalue weighted by Crippen LogP contribution is -2.33. The molecule has 0 aliphatic heterocycles. The second-order valence-corrected chi connectivity index (χ2v) is 3.71. The molecule has 1 aromatic heterocycles. The van der Waals surface area contributed by atoms with Gasteiger partial charge in [0.25, 0.3) is 0 Å². The van der Waals surface area contributed by atoms with E-state index in [1.165, 1.54) is 18.0 Å². The Hall–Kier alpha value is -1.46. The summed E-state index contributed by atoms with van der Waals surface area (Å²) in [6, 6.07) is -0.516. The molecule has 2 N–H and O–H groups in total. The third-order valence-electron chi connectivity index (χ3n) is 2.10. The third-order valence-corrected chi connectivity index (χ3v) is 2.51. The Labute approximate surface area is 100 Å². The average molecular weight is 259 g/mol. The summed E-state index contributed by atoms with van der Waals surface area (Å²) in [6.45, 7) is -0.149. The van der Waals surface area contributed by atoms with E-state index in [1.807, 2.05) is 0 Å². The maximum absolute atomic E-state index is 11.3. The number of hydrogen-bond acceptors (Lipinski definition) is 5. The van der Waals surface area contributed by atoms with E-state index in [9.17, 15) is 9.59 Å². The third kappa shape index (κ3) is 4.13. The van der Waals surface area contributed by atoms with Crippen LogP contribution in [0.4, 0.5) is 0 Å². The quantitative estimate of drug-likeness (QED) is 0.525. The van der Waals surface area contributed by atoms with Crippen LogP contribution in [0.25, 0.3) is 0 Å².